The average molecular weight is 394 g/mol. The molecule has 0 spiro atoms. The summed E-state index contributed by atoms with van der Waals surface area (Å²) in [6.45, 7) is 8.69. The summed E-state index contributed by atoms with van der Waals surface area (Å²) in [5, 5.41) is 0.646. The van der Waals surface area contributed by atoms with Crippen molar-refractivity contribution in [1.82, 2.24) is 19.4 Å². The molecule has 2 aromatic heterocycles. The maximum Gasteiger partial charge on any atom is 0.289 e. The van der Waals surface area contributed by atoms with E-state index in [0.717, 1.165) is 11.3 Å². The number of carbonyl (C=O) groups is 1. The second kappa shape index (κ2) is 7.83. The minimum atomic E-state index is -0.0795. The smallest absolute Gasteiger partial charge is 0.289 e. The van der Waals surface area contributed by atoms with Gasteiger partial charge in [-0.2, -0.15) is 0 Å². The van der Waals surface area contributed by atoms with Gasteiger partial charge in [0.2, 0.25) is 0 Å². The summed E-state index contributed by atoms with van der Waals surface area (Å²) in [6, 6.07) is 10.9. The molecule has 0 radical (unpaired) electrons. The molecule has 1 amide bonds. The number of rotatable bonds is 4. The van der Waals surface area contributed by atoms with Crippen molar-refractivity contribution in [2.75, 3.05) is 19.6 Å². The predicted molar refractivity (Wildman–Crippen MR) is 111 cm³/mol. The maximum atomic E-state index is 12.9. The molecule has 29 heavy (non-hydrogen) atoms. The van der Waals surface area contributed by atoms with Gasteiger partial charge in [-0.1, -0.05) is 12.1 Å². The minimum Gasteiger partial charge on any atom is -0.459 e. The van der Waals surface area contributed by atoms with Gasteiger partial charge in [-0.15, -0.1) is 0 Å². The number of hydrogen-bond acceptors (Lipinski definition) is 5. The molecule has 3 heterocycles. The molecule has 152 valence electrons. The van der Waals surface area contributed by atoms with E-state index < -0.39 is 0 Å². The summed E-state index contributed by atoms with van der Waals surface area (Å²) < 4.78 is 7.03. The van der Waals surface area contributed by atoms with Crippen molar-refractivity contribution in [1.29, 1.82) is 0 Å². The van der Waals surface area contributed by atoms with Gasteiger partial charge in [-0.25, -0.2) is 4.98 Å². The van der Waals surface area contributed by atoms with Crippen LogP contribution in [-0.2, 0) is 6.54 Å². The first-order valence-electron chi connectivity index (χ1n) is 10.1. The van der Waals surface area contributed by atoms with Gasteiger partial charge in [0.25, 0.3) is 11.5 Å². The molecule has 1 saturated heterocycles. The standard InChI is InChI=1S/C22H26N4O3/c1-4-25-20(23-18-9-6-5-8-17(18)21(25)27)16(3)24-11-12-26(15(2)14-24)22(28)19-10-7-13-29-19/h5-10,13,15-16H,4,11-12,14H2,1-3H3. The van der Waals surface area contributed by atoms with Crippen LogP contribution in [-0.4, -0.2) is 50.9 Å². The fraction of sp³-hybridized carbons (Fsp3) is 0.409. The van der Waals surface area contributed by atoms with Crippen LogP contribution in [0.25, 0.3) is 10.9 Å². The van der Waals surface area contributed by atoms with Crippen molar-refractivity contribution < 1.29 is 9.21 Å². The highest BCUT2D eigenvalue weighted by molar-refractivity contribution is 5.91. The lowest BCUT2D eigenvalue weighted by molar-refractivity contribution is 0.0365. The van der Waals surface area contributed by atoms with Crippen molar-refractivity contribution in [3.63, 3.8) is 0 Å². The Kier molecular flexibility index (Phi) is 5.24. The van der Waals surface area contributed by atoms with Crippen LogP contribution < -0.4 is 5.56 Å². The molecule has 7 nitrogen and oxygen atoms in total. The molecule has 3 aromatic rings. The molecular weight excluding hydrogens is 368 g/mol. The summed E-state index contributed by atoms with van der Waals surface area (Å²) in [6.07, 6.45) is 1.52. The monoisotopic (exact) mass is 394 g/mol. The van der Waals surface area contributed by atoms with E-state index in [4.69, 9.17) is 9.40 Å². The van der Waals surface area contributed by atoms with E-state index >= 15 is 0 Å². The van der Waals surface area contributed by atoms with Crippen LogP contribution in [0.3, 0.4) is 0 Å². The zero-order valence-corrected chi connectivity index (χ0v) is 17.0. The SMILES string of the molecule is CCn1c(C(C)N2CCN(C(=O)c3ccco3)C(C)C2)nc2ccccc2c1=O. The number of benzene rings is 1. The first-order chi connectivity index (χ1) is 14.0. The summed E-state index contributed by atoms with van der Waals surface area (Å²) in [5.74, 6) is 1.06. The molecule has 1 aliphatic heterocycles. The molecule has 1 aromatic carbocycles. The number of piperazine rings is 1. The lowest BCUT2D eigenvalue weighted by Gasteiger charge is -2.42. The number of nitrogens with zero attached hydrogens (tertiary/aromatic N) is 4. The molecule has 7 heteroatoms. The summed E-state index contributed by atoms with van der Waals surface area (Å²) in [5.41, 5.74) is 0.725. The van der Waals surface area contributed by atoms with Gasteiger partial charge >= 0.3 is 0 Å². The molecule has 1 aliphatic rings. The first-order valence-corrected chi connectivity index (χ1v) is 10.1. The lowest BCUT2D eigenvalue weighted by Crippen LogP contribution is -2.54. The van der Waals surface area contributed by atoms with Gasteiger partial charge in [0.1, 0.15) is 5.82 Å². The summed E-state index contributed by atoms with van der Waals surface area (Å²) >= 11 is 0. The minimum absolute atomic E-state index is 0.000341. The predicted octanol–water partition coefficient (Wildman–Crippen LogP) is 2.92. The second-order valence-electron chi connectivity index (χ2n) is 7.53. The van der Waals surface area contributed by atoms with Crippen LogP contribution in [0.1, 0.15) is 43.2 Å². The summed E-state index contributed by atoms with van der Waals surface area (Å²) in [7, 11) is 0. The zero-order chi connectivity index (χ0) is 20.5. The number of carbonyl (C=O) groups excluding carboxylic acids is 1. The van der Waals surface area contributed by atoms with Crippen molar-refractivity contribution >= 4 is 16.8 Å². The van der Waals surface area contributed by atoms with E-state index in [1.807, 2.05) is 43.0 Å². The van der Waals surface area contributed by atoms with Crippen molar-refractivity contribution in [3.05, 3.63) is 64.6 Å². The highest BCUT2D eigenvalue weighted by Gasteiger charge is 2.32. The van der Waals surface area contributed by atoms with Gasteiger partial charge in [0.05, 0.1) is 23.2 Å². The van der Waals surface area contributed by atoms with Crippen LogP contribution in [0.5, 0.6) is 0 Å². The Morgan fingerprint density at radius 2 is 2.03 bits per heavy atom. The first kappa shape index (κ1) is 19.4. The molecule has 1 fully saturated rings. The molecule has 2 atom stereocenters. The zero-order valence-electron chi connectivity index (χ0n) is 17.0. The lowest BCUT2D eigenvalue weighted by atomic mass is 10.1. The largest absolute Gasteiger partial charge is 0.459 e. The van der Waals surface area contributed by atoms with Crippen LogP contribution in [0.4, 0.5) is 0 Å². The Balaban J connectivity index is 1.59. The van der Waals surface area contributed by atoms with E-state index in [0.29, 0.717) is 37.3 Å². The van der Waals surface area contributed by atoms with E-state index in [9.17, 15) is 9.59 Å². The highest BCUT2D eigenvalue weighted by Crippen LogP contribution is 2.24. The van der Waals surface area contributed by atoms with Crippen LogP contribution >= 0.6 is 0 Å². The van der Waals surface area contributed by atoms with E-state index in [1.54, 1.807) is 16.7 Å². The molecule has 0 aliphatic carbocycles. The van der Waals surface area contributed by atoms with Gasteiger partial charge in [-0.3, -0.25) is 19.1 Å². The van der Waals surface area contributed by atoms with Crippen molar-refractivity contribution in [2.24, 2.45) is 0 Å². The Morgan fingerprint density at radius 1 is 1.24 bits per heavy atom. The average Bonchev–Trinajstić information content (AvgIpc) is 3.27. The normalized spacial score (nSPS) is 18.9. The Bertz CT molecular complexity index is 1070. The Labute approximate surface area is 169 Å². The van der Waals surface area contributed by atoms with Crippen molar-refractivity contribution in [3.8, 4) is 0 Å². The number of amides is 1. The maximum absolute atomic E-state index is 12.9. The number of fused-ring (bicyclic) bond motifs is 1. The van der Waals surface area contributed by atoms with Gasteiger partial charge in [0.15, 0.2) is 5.76 Å². The van der Waals surface area contributed by atoms with Gasteiger partial charge in [-0.05, 0) is 45.0 Å². The Hall–Kier alpha value is -2.93. The number of furan rings is 1. The second-order valence-corrected chi connectivity index (χ2v) is 7.53. The molecule has 0 saturated carbocycles. The van der Waals surface area contributed by atoms with Crippen LogP contribution in [0.15, 0.2) is 51.9 Å². The van der Waals surface area contributed by atoms with E-state index in [1.165, 1.54) is 6.26 Å². The molecule has 2 unspecified atom stereocenters. The Morgan fingerprint density at radius 3 is 2.72 bits per heavy atom. The third kappa shape index (κ3) is 3.46. The quantitative estimate of drug-likeness (QED) is 0.680. The molecule has 0 N–H and O–H groups in total. The van der Waals surface area contributed by atoms with E-state index in [-0.39, 0.29) is 23.6 Å². The fourth-order valence-corrected chi connectivity index (χ4v) is 4.15. The molecular formula is C22H26N4O3. The fourth-order valence-electron chi connectivity index (χ4n) is 4.15. The van der Waals surface area contributed by atoms with Gasteiger partial charge < -0.3 is 9.32 Å². The van der Waals surface area contributed by atoms with Gasteiger partial charge in [0, 0.05) is 32.2 Å². The van der Waals surface area contributed by atoms with Crippen molar-refractivity contribution in [2.45, 2.75) is 39.4 Å². The topological polar surface area (TPSA) is 71.6 Å². The summed E-state index contributed by atoms with van der Waals surface area (Å²) in [4.78, 5) is 34.6. The highest BCUT2D eigenvalue weighted by atomic mass is 16.3. The van der Waals surface area contributed by atoms with Crippen LogP contribution in [0, 0.1) is 0 Å². The third-order valence-electron chi connectivity index (χ3n) is 5.78. The third-order valence-corrected chi connectivity index (χ3v) is 5.78. The van der Waals surface area contributed by atoms with E-state index in [2.05, 4.69) is 11.8 Å². The molecule has 4 rings (SSSR count). The molecule has 0 bridgehead atoms. The van der Waals surface area contributed by atoms with Crippen LogP contribution in [0.2, 0.25) is 0 Å². The number of aromatic nitrogens is 2. The number of para-hydroxylation sites is 1. The number of hydrogen-bond donors (Lipinski definition) is 0.